The molecular formula is C12H20N2O2. The van der Waals surface area contributed by atoms with Crippen molar-refractivity contribution in [2.24, 2.45) is 17.8 Å². The monoisotopic (exact) mass is 224 g/mol. The van der Waals surface area contributed by atoms with Crippen LogP contribution in [0.2, 0.25) is 0 Å². The van der Waals surface area contributed by atoms with Crippen molar-refractivity contribution in [2.75, 3.05) is 39.4 Å². The molecule has 0 saturated carbocycles. The minimum absolute atomic E-state index is 0.237. The molecule has 0 aliphatic carbocycles. The van der Waals surface area contributed by atoms with E-state index in [-0.39, 0.29) is 5.92 Å². The van der Waals surface area contributed by atoms with Gasteiger partial charge in [-0.2, -0.15) is 0 Å². The van der Waals surface area contributed by atoms with E-state index < -0.39 is 0 Å². The van der Waals surface area contributed by atoms with Crippen molar-refractivity contribution in [1.82, 2.24) is 10.2 Å². The highest BCUT2D eigenvalue weighted by atomic mass is 16.5. The molecule has 3 fully saturated rings. The number of carbonyl (C=O) groups is 1. The van der Waals surface area contributed by atoms with Gasteiger partial charge in [-0.05, 0) is 24.7 Å². The van der Waals surface area contributed by atoms with Gasteiger partial charge in [0.15, 0.2) is 0 Å². The Morgan fingerprint density at radius 1 is 1.12 bits per heavy atom. The van der Waals surface area contributed by atoms with Crippen molar-refractivity contribution < 1.29 is 9.53 Å². The summed E-state index contributed by atoms with van der Waals surface area (Å²) in [7, 11) is 0. The van der Waals surface area contributed by atoms with Crippen molar-refractivity contribution in [2.45, 2.75) is 12.8 Å². The van der Waals surface area contributed by atoms with Crippen LogP contribution in [-0.2, 0) is 9.53 Å². The summed E-state index contributed by atoms with van der Waals surface area (Å²) in [6.45, 7) is 5.68. The maximum atomic E-state index is 12.3. The zero-order chi connectivity index (χ0) is 11.0. The Balaban J connectivity index is 1.59. The number of carbonyl (C=O) groups excluding carboxylic acids is 1. The molecule has 0 spiro atoms. The van der Waals surface area contributed by atoms with E-state index in [0.29, 0.717) is 17.7 Å². The number of nitrogens with zero attached hydrogens (tertiary/aromatic N) is 1. The van der Waals surface area contributed by atoms with Gasteiger partial charge in [0, 0.05) is 45.3 Å². The Hall–Kier alpha value is -0.610. The van der Waals surface area contributed by atoms with Gasteiger partial charge in [0.2, 0.25) is 5.91 Å². The second-order valence-electron chi connectivity index (χ2n) is 5.31. The Bertz CT molecular complexity index is 264. The molecule has 0 aromatic heterocycles. The first kappa shape index (κ1) is 10.5. The summed E-state index contributed by atoms with van der Waals surface area (Å²) >= 11 is 0. The van der Waals surface area contributed by atoms with Crippen LogP contribution in [0, 0.1) is 17.8 Å². The lowest BCUT2D eigenvalue weighted by molar-refractivity contribution is -0.137. The first-order valence-corrected chi connectivity index (χ1v) is 6.42. The third kappa shape index (κ3) is 1.84. The van der Waals surface area contributed by atoms with Crippen LogP contribution in [0.1, 0.15) is 12.8 Å². The average molecular weight is 224 g/mol. The maximum Gasteiger partial charge on any atom is 0.225 e. The number of ether oxygens (including phenoxy) is 1. The fourth-order valence-corrected chi connectivity index (χ4v) is 3.24. The largest absolute Gasteiger partial charge is 0.381 e. The topological polar surface area (TPSA) is 41.6 Å². The molecule has 90 valence electrons. The first-order chi connectivity index (χ1) is 7.84. The molecule has 3 rings (SSSR count). The second-order valence-corrected chi connectivity index (χ2v) is 5.31. The van der Waals surface area contributed by atoms with Gasteiger partial charge in [-0.25, -0.2) is 0 Å². The standard InChI is InChI=1S/C12H20N2O2/c15-12(9-1-3-16-4-2-9)14-7-10-5-13-6-11(10)8-14/h9-11,13H,1-8H2/t10-,11+. The Kier molecular flexibility index (Phi) is 2.86. The number of likely N-dealkylation sites (tertiary alicyclic amines) is 1. The van der Waals surface area contributed by atoms with Gasteiger partial charge < -0.3 is 15.0 Å². The highest BCUT2D eigenvalue weighted by Gasteiger charge is 2.39. The van der Waals surface area contributed by atoms with Gasteiger partial charge in [-0.1, -0.05) is 0 Å². The summed E-state index contributed by atoms with van der Waals surface area (Å²) in [4.78, 5) is 14.4. The van der Waals surface area contributed by atoms with E-state index in [1.54, 1.807) is 0 Å². The Morgan fingerprint density at radius 2 is 1.75 bits per heavy atom. The molecule has 0 unspecified atom stereocenters. The Labute approximate surface area is 96.3 Å². The fraction of sp³-hybridized carbons (Fsp3) is 0.917. The molecule has 0 bridgehead atoms. The highest BCUT2D eigenvalue weighted by Crippen LogP contribution is 2.29. The van der Waals surface area contributed by atoms with E-state index in [1.807, 2.05) is 0 Å². The molecule has 1 amide bonds. The van der Waals surface area contributed by atoms with Crippen LogP contribution in [0.4, 0.5) is 0 Å². The molecule has 1 N–H and O–H groups in total. The maximum absolute atomic E-state index is 12.3. The number of rotatable bonds is 1. The van der Waals surface area contributed by atoms with Crippen molar-refractivity contribution in [1.29, 1.82) is 0 Å². The number of amides is 1. The molecule has 2 atom stereocenters. The molecule has 0 radical (unpaired) electrons. The van der Waals surface area contributed by atoms with E-state index in [4.69, 9.17) is 4.74 Å². The third-order valence-electron chi connectivity index (χ3n) is 4.27. The van der Waals surface area contributed by atoms with E-state index in [0.717, 1.165) is 52.2 Å². The molecule has 3 heterocycles. The van der Waals surface area contributed by atoms with Crippen LogP contribution in [0.5, 0.6) is 0 Å². The van der Waals surface area contributed by atoms with Crippen LogP contribution >= 0.6 is 0 Å². The smallest absolute Gasteiger partial charge is 0.225 e. The van der Waals surface area contributed by atoms with E-state index in [9.17, 15) is 4.79 Å². The number of hydrogen-bond acceptors (Lipinski definition) is 3. The quantitative estimate of drug-likeness (QED) is 0.686. The summed E-state index contributed by atoms with van der Waals surface area (Å²) in [5.74, 6) is 2.05. The second kappa shape index (κ2) is 4.34. The molecule has 4 heteroatoms. The predicted molar refractivity (Wildman–Crippen MR) is 60.0 cm³/mol. The van der Waals surface area contributed by atoms with Crippen LogP contribution in [0.25, 0.3) is 0 Å². The lowest BCUT2D eigenvalue weighted by Gasteiger charge is -2.26. The third-order valence-corrected chi connectivity index (χ3v) is 4.27. The molecule has 0 aromatic rings. The zero-order valence-electron chi connectivity index (χ0n) is 9.65. The zero-order valence-corrected chi connectivity index (χ0v) is 9.65. The molecular weight excluding hydrogens is 204 g/mol. The van der Waals surface area contributed by atoms with Gasteiger partial charge in [0.1, 0.15) is 0 Å². The van der Waals surface area contributed by atoms with E-state index >= 15 is 0 Å². The molecule has 3 saturated heterocycles. The van der Waals surface area contributed by atoms with Gasteiger partial charge in [0.05, 0.1) is 0 Å². The normalized spacial score (nSPS) is 35.4. The van der Waals surface area contributed by atoms with Crippen LogP contribution in [-0.4, -0.2) is 50.2 Å². The van der Waals surface area contributed by atoms with Gasteiger partial charge in [-0.3, -0.25) is 4.79 Å². The summed E-state index contributed by atoms with van der Waals surface area (Å²) in [6.07, 6.45) is 1.84. The average Bonchev–Trinajstić information content (AvgIpc) is 2.89. The summed E-state index contributed by atoms with van der Waals surface area (Å²) in [5, 5.41) is 3.41. The fourth-order valence-electron chi connectivity index (χ4n) is 3.24. The predicted octanol–water partition coefficient (Wildman–Crippen LogP) is 0.0908. The summed E-state index contributed by atoms with van der Waals surface area (Å²) < 4.78 is 5.31. The lowest BCUT2D eigenvalue weighted by Crippen LogP contribution is -2.38. The summed E-state index contributed by atoms with van der Waals surface area (Å²) in [5.41, 5.74) is 0. The van der Waals surface area contributed by atoms with Gasteiger partial charge in [0.25, 0.3) is 0 Å². The number of hydrogen-bond donors (Lipinski definition) is 1. The molecule has 3 aliphatic rings. The molecule has 3 aliphatic heterocycles. The molecule has 4 nitrogen and oxygen atoms in total. The van der Waals surface area contributed by atoms with Crippen LogP contribution in [0.3, 0.4) is 0 Å². The SMILES string of the molecule is O=C(C1CCOCC1)N1C[C@H]2CNC[C@H]2C1. The molecule has 0 aromatic carbocycles. The number of fused-ring (bicyclic) bond motifs is 1. The highest BCUT2D eigenvalue weighted by molar-refractivity contribution is 5.79. The van der Waals surface area contributed by atoms with Crippen molar-refractivity contribution in [3.05, 3.63) is 0 Å². The van der Waals surface area contributed by atoms with Crippen LogP contribution in [0.15, 0.2) is 0 Å². The van der Waals surface area contributed by atoms with Gasteiger partial charge in [-0.15, -0.1) is 0 Å². The van der Waals surface area contributed by atoms with Crippen molar-refractivity contribution in [3.8, 4) is 0 Å². The Morgan fingerprint density at radius 3 is 2.38 bits per heavy atom. The summed E-state index contributed by atoms with van der Waals surface area (Å²) in [6, 6.07) is 0. The van der Waals surface area contributed by atoms with Gasteiger partial charge >= 0.3 is 0 Å². The van der Waals surface area contributed by atoms with Crippen molar-refractivity contribution >= 4 is 5.91 Å². The van der Waals surface area contributed by atoms with Crippen molar-refractivity contribution in [3.63, 3.8) is 0 Å². The first-order valence-electron chi connectivity index (χ1n) is 6.42. The molecule has 16 heavy (non-hydrogen) atoms. The van der Waals surface area contributed by atoms with Crippen LogP contribution < -0.4 is 5.32 Å². The van der Waals surface area contributed by atoms with E-state index in [2.05, 4.69) is 10.2 Å². The number of nitrogens with one attached hydrogen (secondary N) is 1. The minimum atomic E-state index is 0.237. The lowest BCUT2D eigenvalue weighted by atomic mass is 9.99. The minimum Gasteiger partial charge on any atom is -0.381 e. The van der Waals surface area contributed by atoms with E-state index in [1.165, 1.54) is 0 Å².